The van der Waals surface area contributed by atoms with Gasteiger partial charge in [-0.2, -0.15) is 0 Å². The quantitative estimate of drug-likeness (QED) is 0.0497. The van der Waals surface area contributed by atoms with E-state index in [1.165, 1.54) is 167 Å². The van der Waals surface area contributed by atoms with Crippen LogP contribution in [0.15, 0.2) is 24.3 Å². The lowest BCUT2D eigenvalue weighted by atomic mass is 10.1. The van der Waals surface area contributed by atoms with Gasteiger partial charge in [0.15, 0.2) is 0 Å². The van der Waals surface area contributed by atoms with E-state index in [1.807, 2.05) is 0 Å². The van der Waals surface area contributed by atoms with Crippen LogP contribution in [0.1, 0.15) is 194 Å². The lowest BCUT2D eigenvalue weighted by molar-refractivity contribution is -0.0468. The number of allylic oxidation sites excluding steroid dienone is 4. The molecule has 53 heavy (non-hydrogen) atoms. The number of nitrogens with zero attached hydrogens (tertiary/aromatic N) is 1. The molecule has 1 N–H and O–H groups in total. The predicted octanol–water partition coefficient (Wildman–Crippen LogP) is 12.5. The van der Waals surface area contributed by atoms with Crippen LogP contribution < -0.4 is 5.32 Å². The van der Waals surface area contributed by atoms with Gasteiger partial charge in [0.05, 0.1) is 19.8 Å². The fraction of sp³-hybridized carbons (Fsp3) is 0.891. The van der Waals surface area contributed by atoms with Gasteiger partial charge in [-0.25, -0.2) is 4.79 Å². The number of nitrogens with one attached hydrogen (secondary N) is 1. The van der Waals surface area contributed by atoms with E-state index in [-0.39, 0.29) is 18.8 Å². The van der Waals surface area contributed by atoms with Crippen molar-refractivity contribution in [2.45, 2.75) is 200 Å². The Balaban J connectivity index is 2.12. The molecule has 0 aromatic heterocycles. The van der Waals surface area contributed by atoms with E-state index in [1.54, 1.807) is 0 Å². The van der Waals surface area contributed by atoms with Gasteiger partial charge in [-0.1, -0.05) is 154 Å². The van der Waals surface area contributed by atoms with Crippen LogP contribution in [-0.4, -0.2) is 82.9 Å². The molecule has 0 aliphatic carbocycles. The summed E-state index contributed by atoms with van der Waals surface area (Å²) in [5, 5.41) is 2.89. The van der Waals surface area contributed by atoms with Crippen LogP contribution in [0.4, 0.5) is 4.79 Å². The lowest BCUT2D eigenvalue weighted by Gasteiger charge is -2.26. The molecule has 1 aliphatic heterocycles. The maximum atomic E-state index is 12.4. The first kappa shape index (κ1) is 49.6. The smallest absolute Gasteiger partial charge is 0.407 e. The summed E-state index contributed by atoms with van der Waals surface area (Å²) in [4.78, 5) is 14.7. The first-order valence-corrected chi connectivity index (χ1v) is 23.0. The number of ether oxygens (including phenoxy) is 4. The van der Waals surface area contributed by atoms with Crippen LogP contribution in [-0.2, 0) is 18.9 Å². The molecule has 1 atom stereocenters. The molecule has 1 unspecified atom stereocenters. The van der Waals surface area contributed by atoms with Crippen molar-refractivity contribution in [2.75, 3.05) is 65.8 Å². The maximum absolute atomic E-state index is 12.4. The molecule has 0 bridgehead atoms. The SMILES string of the molecule is CCCCCCCCC=CCCCCCCCCOCC(COC(=O)NCCN1CCOCC1)OCCCCCCCCC=CCCCCCCCC. The van der Waals surface area contributed by atoms with Crippen LogP contribution in [0.2, 0.25) is 0 Å². The average Bonchev–Trinajstić information content (AvgIpc) is 3.17. The molecular formula is C46H88N2O5. The second-order valence-corrected chi connectivity index (χ2v) is 15.4. The summed E-state index contributed by atoms with van der Waals surface area (Å²) in [6.07, 6.45) is 45.3. The molecular weight excluding hydrogens is 661 g/mol. The van der Waals surface area contributed by atoms with Crippen molar-refractivity contribution in [3.05, 3.63) is 24.3 Å². The van der Waals surface area contributed by atoms with Gasteiger partial charge in [0, 0.05) is 39.4 Å². The van der Waals surface area contributed by atoms with E-state index in [4.69, 9.17) is 18.9 Å². The van der Waals surface area contributed by atoms with Crippen molar-refractivity contribution in [3.63, 3.8) is 0 Å². The molecule has 0 saturated carbocycles. The van der Waals surface area contributed by atoms with Gasteiger partial charge >= 0.3 is 6.09 Å². The summed E-state index contributed by atoms with van der Waals surface area (Å²) in [6, 6.07) is 0. The zero-order chi connectivity index (χ0) is 38.0. The van der Waals surface area contributed by atoms with E-state index in [9.17, 15) is 4.79 Å². The topological polar surface area (TPSA) is 69.3 Å². The highest BCUT2D eigenvalue weighted by atomic mass is 16.6. The standard InChI is InChI=1S/C46H88N2O5/c1-3-5-7-9-11-13-15-17-19-21-23-25-27-29-31-33-39-51-43-45(44-53-46(49)47-35-36-48-37-41-50-42-38-48)52-40-34-32-30-28-26-24-22-20-18-16-14-12-10-8-6-4-2/h17-20,45H,3-16,21-44H2,1-2H3,(H,47,49). The number of carbonyl (C=O) groups excluding carboxylic acids is 1. The monoisotopic (exact) mass is 749 g/mol. The lowest BCUT2D eigenvalue weighted by Crippen LogP contribution is -2.41. The van der Waals surface area contributed by atoms with Crippen LogP contribution in [0, 0.1) is 0 Å². The number of rotatable bonds is 40. The molecule has 0 spiro atoms. The predicted molar refractivity (Wildman–Crippen MR) is 226 cm³/mol. The summed E-state index contributed by atoms with van der Waals surface area (Å²) in [6.45, 7) is 11.4. The first-order valence-electron chi connectivity index (χ1n) is 23.0. The van der Waals surface area contributed by atoms with Gasteiger partial charge in [-0.3, -0.25) is 4.90 Å². The van der Waals surface area contributed by atoms with E-state index < -0.39 is 0 Å². The number of hydrogen-bond donors (Lipinski definition) is 1. The minimum absolute atomic E-state index is 0.225. The number of hydrogen-bond acceptors (Lipinski definition) is 6. The summed E-state index contributed by atoms with van der Waals surface area (Å²) < 4.78 is 23.2. The van der Waals surface area contributed by atoms with Gasteiger partial charge in [-0.15, -0.1) is 0 Å². The molecule has 0 aromatic rings. The zero-order valence-electron chi connectivity index (χ0n) is 35.2. The average molecular weight is 749 g/mol. The number of unbranched alkanes of at least 4 members (excludes halogenated alkanes) is 24. The Bertz CT molecular complexity index is 801. The molecule has 1 rings (SSSR count). The zero-order valence-corrected chi connectivity index (χ0v) is 35.2. The molecule has 312 valence electrons. The van der Waals surface area contributed by atoms with E-state index in [0.717, 1.165) is 52.3 Å². The van der Waals surface area contributed by atoms with E-state index in [0.29, 0.717) is 19.8 Å². The maximum Gasteiger partial charge on any atom is 0.407 e. The van der Waals surface area contributed by atoms with Gasteiger partial charge in [0.2, 0.25) is 0 Å². The van der Waals surface area contributed by atoms with Crippen LogP contribution >= 0.6 is 0 Å². The second kappa shape index (κ2) is 41.7. The fourth-order valence-electron chi connectivity index (χ4n) is 6.77. The molecule has 1 heterocycles. The molecule has 7 heteroatoms. The van der Waals surface area contributed by atoms with Crippen LogP contribution in [0.25, 0.3) is 0 Å². The highest BCUT2D eigenvalue weighted by molar-refractivity contribution is 5.67. The molecule has 0 radical (unpaired) electrons. The van der Waals surface area contributed by atoms with E-state index >= 15 is 0 Å². The summed E-state index contributed by atoms with van der Waals surface area (Å²) in [5.41, 5.74) is 0. The molecule has 0 aromatic carbocycles. The third-order valence-corrected chi connectivity index (χ3v) is 10.3. The number of amides is 1. The molecule has 1 aliphatic rings. The van der Waals surface area contributed by atoms with Gasteiger partial charge in [0.1, 0.15) is 12.7 Å². The van der Waals surface area contributed by atoms with Gasteiger partial charge in [-0.05, 0) is 64.2 Å². The van der Waals surface area contributed by atoms with Crippen molar-refractivity contribution in [1.82, 2.24) is 10.2 Å². The minimum atomic E-state index is -0.377. The van der Waals surface area contributed by atoms with Crippen molar-refractivity contribution >= 4 is 6.09 Å². The molecule has 7 nitrogen and oxygen atoms in total. The normalized spacial score (nSPS) is 14.5. The summed E-state index contributed by atoms with van der Waals surface area (Å²) >= 11 is 0. The summed E-state index contributed by atoms with van der Waals surface area (Å²) in [5.74, 6) is 0. The molecule has 1 fully saturated rings. The molecule has 1 amide bonds. The van der Waals surface area contributed by atoms with Crippen LogP contribution in [0.5, 0.6) is 0 Å². The Morgan fingerprint density at radius 2 is 1.02 bits per heavy atom. The number of morpholine rings is 1. The van der Waals surface area contributed by atoms with Crippen molar-refractivity contribution < 1.29 is 23.7 Å². The Morgan fingerprint density at radius 1 is 0.585 bits per heavy atom. The van der Waals surface area contributed by atoms with Crippen molar-refractivity contribution in [3.8, 4) is 0 Å². The van der Waals surface area contributed by atoms with Crippen LogP contribution in [0.3, 0.4) is 0 Å². The van der Waals surface area contributed by atoms with E-state index in [2.05, 4.69) is 48.4 Å². The minimum Gasteiger partial charge on any atom is -0.447 e. The van der Waals surface area contributed by atoms with Crippen molar-refractivity contribution in [2.24, 2.45) is 0 Å². The van der Waals surface area contributed by atoms with Crippen molar-refractivity contribution in [1.29, 1.82) is 0 Å². The second-order valence-electron chi connectivity index (χ2n) is 15.4. The largest absolute Gasteiger partial charge is 0.447 e. The first-order chi connectivity index (χ1) is 26.3. The Kier molecular flexibility index (Phi) is 39.1. The third-order valence-electron chi connectivity index (χ3n) is 10.3. The highest BCUT2D eigenvalue weighted by Crippen LogP contribution is 2.12. The summed E-state index contributed by atoms with van der Waals surface area (Å²) in [7, 11) is 0. The Hall–Kier alpha value is -1.41. The van der Waals surface area contributed by atoms with Gasteiger partial charge < -0.3 is 24.3 Å². The fourth-order valence-corrected chi connectivity index (χ4v) is 6.77. The van der Waals surface area contributed by atoms with Gasteiger partial charge in [0.25, 0.3) is 0 Å². The highest BCUT2D eigenvalue weighted by Gasteiger charge is 2.14. The Labute approximate surface area is 329 Å². The third kappa shape index (κ3) is 37.3. The molecule has 1 saturated heterocycles. The number of alkyl carbamates (subject to hydrolysis) is 1. The number of carbonyl (C=O) groups is 1. The Morgan fingerprint density at radius 3 is 1.51 bits per heavy atom.